The zero-order valence-electron chi connectivity index (χ0n) is 22.5. The fourth-order valence-electron chi connectivity index (χ4n) is 4.07. The number of hydrogen-bond acceptors (Lipinski definition) is 6. The van der Waals surface area contributed by atoms with Gasteiger partial charge in [-0.3, -0.25) is 4.79 Å². The maximum absolute atomic E-state index is 12.9. The van der Waals surface area contributed by atoms with Crippen molar-refractivity contribution in [1.29, 1.82) is 0 Å². The first kappa shape index (κ1) is 30.5. The first-order valence-corrected chi connectivity index (χ1v) is 12.1. The summed E-state index contributed by atoms with van der Waals surface area (Å²) in [5.41, 5.74) is 4.35. The van der Waals surface area contributed by atoms with Gasteiger partial charge in [0.15, 0.2) is 5.78 Å². The molecule has 194 valence electrons. The molecule has 0 radical (unpaired) electrons. The quantitative estimate of drug-likeness (QED) is 0.223. The summed E-state index contributed by atoms with van der Waals surface area (Å²) < 4.78 is 9.99. The zero-order chi connectivity index (χ0) is 27.3. The summed E-state index contributed by atoms with van der Waals surface area (Å²) in [7, 11) is 2.64. The number of methoxy groups -OCH3 is 2. The maximum atomic E-state index is 12.9. The Labute approximate surface area is 214 Å². The van der Waals surface area contributed by atoms with Crippen LogP contribution in [0.25, 0.3) is 0 Å². The Morgan fingerprint density at radius 2 is 1.25 bits per heavy atom. The molecule has 0 spiro atoms. The van der Waals surface area contributed by atoms with E-state index in [9.17, 15) is 14.4 Å². The maximum Gasteiger partial charge on any atom is 0.338 e. The fourth-order valence-corrected chi connectivity index (χ4v) is 4.07. The van der Waals surface area contributed by atoms with E-state index < -0.39 is 11.9 Å². The lowest BCUT2D eigenvalue weighted by atomic mass is 9.80. The molecule has 1 aliphatic rings. The Hall–Kier alpha value is -3.54. The molecule has 0 heterocycles. The van der Waals surface area contributed by atoms with Gasteiger partial charge in [0.05, 0.1) is 25.3 Å². The van der Waals surface area contributed by atoms with Gasteiger partial charge in [-0.2, -0.15) is 0 Å². The number of carbonyl (C=O) groups excluding carboxylic acids is 4. The number of Topliss-reactive ketones (excluding diaryl/α,β-unsaturated/α-hetero) is 1. The van der Waals surface area contributed by atoms with Crippen LogP contribution in [0, 0.1) is 19.8 Å². The van der Waals surface area contributed by atoms with Crippen molar-refractivity contribution in [2.24, 2.45) is 5.92 Å². The second-order valence-electron chi connectivity index (χ2n) is 8.65. The van der Waals surface area contributed by atoms with E-state index >= 15 is 0 Å². The number of fused-ring (bicyclic) bond motifs is 1. The van der Waals surface area contributed by atoms with Crippen LogP contribution in [0.3, 0.4) is 0 Å². The van der Waals surface area contributed by atoms with Crippen molar-refractivity contribution >= 4 is 24.0 Å². The third-order valence-electron chi connectivity index (χ3n) is 5.75. The van der Waals surface area contributed by atoms with E-state index in [1.807, 2.05) is 18.2 Å². The van der Waals surface area contributed by atoms with Gasteiger partial charge in [-0.05, 0) is 63.1 Å². The Balaban J connectivity index is 0.000000540. The van der Waals surface area contributed by atoms with Crippen LogP contribution in [0.2, 0.25) is 0 Å². The van der Waals surface area contributed by atoms with E-state index in [0.717, 1.165) is 30.3 Å². The SMILES string of the molecule is CC=O.COC(=O)c1c(C)c(C(=O)C(C)C)c(C(=O)OC)c2c1CC/C=C/CC2.Cc1ccccc1. The van der Waals surface area contributed by atoms with E-state index in [4.69, 9.17) is 14.3 Å². The summed E-state index contributed by atoms with van der Waals surface area (Å²) in [6.45, 7) is 8.80. The summed E-state index contributed by atoms with van der Waals surface area (Å²) >= 11 is 0. The summed E-state index contributed by atoms with van der Waals surface area (Å²) in [5.74, 6) is -1.49. The third-order valence-corrected chi connectivity index (χ3v) is 5.75. The average molecular weight is 495 g/mol. The van der Waals surface area contributed by atoms with Gasteiger partial charge >= 0.3 is 11.9 Å². The number of aldehydes is 1. The van der Waals surface area contributed by atoms with Crippen LogP contribution < -0.4 is 0 Å². The van der Waals surface area contributed by atoms with Crippen LogP contribution in [-0.2, 0) is 27.1 Å². The van der Waals surface area contributed by atoms with Crippen molar-refractivity contribution in [3.63, 3.8) is 0 Å². The highest BCUT2D eigenvalue weighted by molar-refractivity contribution is 6.11. The van der Waals surface area contributed by atoms with Crippen LogP contribution in [0.1, 0.15) is 86.9 Å². The number of esters is 2. The normalized spacial score (nSPS) is 12.8. The second-order valence-corrected chi connectivity index (χ2v) is 8.65. The molecular weight excluding hydrogens is 456 g/mol. The summed E-state index contributed by atoms with van der Waals surface area (Å²) in [6, 6.07) is 10.3. The molecule has 0 fully saturated rings. The molecule has 2 aromatic rings. The first-order valence-electron chi connectivity index (χ1n) is 12.1. The lowest BCUT2D eigenvalue weighted by molar-refractivity contribution is -0.106. The topological polar surface area (TPSA) is 86.7 Å². The van der Waals surface area contributed by atoms with E-state index in [2.05, 4.69) is 31.2 Å². The molecule has 0 atom stereocenters. The first-order chi connectivity index (χ1) is 17.2. The molecule has 3 rings (SSSR count). The fraction of sp³-hybridized carbons (Fsp3) is 0.400. The molecule has 0 N–H and O–H groups in total. The van der Waals surface area contributed by atoms with Crippen LogP contribution in [0.5, 0.6) is 0 Å². The van der Waals surface area contributed by atoms with Crippen LogP contribution in [0.15, 0.2) is 42.5 Å². The molecule has 0 saturated heterocycles. The Morgan fingerprint density at radius 3 is 1.64 bits per heavy atom. The van der Waals surface area contributed by atoms with E-state index in [-0.39, 0.29) is 17.3 Å². The minimum absolute atomic E-state index is 0.173. The minimum atomic E-state index is -0.533. The number of carbonyl (C=O) groups is 4. The molecular formula is C30H38O6. The zero-order valence-corrected chi connectivity index (χ0v) is 22.5. The van der Waals surface area contributed by atoms with Crippen molar-refractivity contribution in [3.05, 3.63) is 81.4 Å². The smallest absolute Gasteiger partial charge is 0.338 e. The highest BCUT2D eigenvalue weighted by Crippen LogP contribution is 2.34. The predicted molar refractivity (Wildman–Crippen MR) is 142 cm³/mol. The number of ether oxygens (including phenoxy) is 2. The van der Waals surface area contributed by atoms with Gasteiger partial charge < -0.3 is 14.3 Å². The largest absolute Gasteiger partial charge is 0.465 e. The standard InChI is InChI=1S/C21H26O5.C7H8.C2H4O/c1-12(2)19(22)17-13(3)16(20(23)25-4)14-10-8-6-7-9-11-15(14)18(17)21(24)26-5;1-7-5-3-2-4-6-7;1-2-3/h6-7,12H,8-11H2,1-5H3;2-6H,1H3;2H,1H3/b7-6+;;. The van der Waals surface area contributed by atoms with Crippen molar-refractivity contribution < 1.29 is 28.7 Å². The van der Waals surface area contributed by atoms with Crippen LogP contribution in [-0.4, -0.2) is 38.2 Å². The Morgan fingerprint density at radius 1 is 0.806 bits per heavy atom. The van der Waals surface area contributed by atoms with Gasteiger partial charge in [0.1, 0.15) is 6.29 Å². The van der Waals surface area contributed by atoms with Gasteiger partial charge in [-0.1, -0.05) is 61.9 Å². The van der Waals surface area contributed by atoms with Gasteiger partial charge in [0.2, 0.25) is 0 Å². The molecule has 0 aliphatic heterocycles. The molecule has 0 saturated carbocycles. The number of benzene rings is 2. The van der Waals surface area contributed by atoms with Crippen LogP contribution in [0.4, 0.5) is 0 Å². The number of hydrogen-bond donors (Lipinski definition) is 0. The van der Waals surface area contributed by atoms with Gasteiger partial charge in [0, 0.05) is 11.5 Å². The Bertz CT molecular complexity index is 1080. The molecule has 36 heavy (non-hydrogen) atoms. The minimum Gasteiger partial charge on any atom is -0.465 e. The summed E-state index contributed by atoms with van der Waals surface area (Å²) in [4.78, 5) is 46.9. The van der Waals surface area contributed by atoms with Gasteiger partial charge in [0.25, 0.3) is 0 Å². The Kier molecular flexibility index (Phi) is 13.1. The molecule has 6 heteroatoms. The van der Waals surface area contributed by atoms with Gasteiger partial charge in [-0.25, -0.2) is 9.59 Å². The van der Waals surface area contributed by atoms with Gasteiger partial charge in [-0.15, -0.1) is 0 Å². The van der Waals surface area contributed by atoms with Crippen molar-refractivity contribution in [3.8, 4) is 0 Å². The molecule has 1 aliphatic carbocycles. The monoisotopic (exact) mass is 494 g/mol. The highest BCUT2D eigenvalue weighted by atomic mass is 16.5. The van der Waals surface area contributed by atoms with Crippen molar-refractivity contribution in [2.75, 3.05) is 14.2 Å². The molecule has 0 amide bonds. The summed E-state index contributed by atoms with van der Waals surface area (Å²) in [5, 5.41) is 0. The lowest BCUT2D eigenvalue weighted by Gasteiger charge is -2.24. The summed E-state index contributed by atoms with van der Waals surface area (Å²) in [6.07, 6.45) is 7.55. The number of allylic oxidation sites excluding steroid dienone is 2. The van der Waals surface area contributed by atoms with E-state index in [0.29, 0.717) is 29.5 Å². The average Bonchev–Trinajstić information content (AvgIpc) is 2.84. The number of ketones is 1. The molecule has 6 nitrogen and oxygen atoms in total. The molecule has 0 aromatic heterocycles. The lowest BCUT2D eigenvalue weighted by Crippen LogP contribution is -2.24. The molecule has 2 aromatic carbocycles. The van der Waals surface area contributed by atoms with E-state index in [1.54, 1.807) is 20.8 Å². The van der Waals surface area contributed by atoms with Crippen molar-refractivity contribution in [2.45, 2.75) is 60.3 Å². The highest BCUT2D eigenvalue weighted by Gasteiger charge is 2.32. The van der Waals surface area contributed by atoms with E-state index in [1.165, 1.54) is 26.7 Å². The number of aryl methyl sites for hydroxylation is 1. The predicted octanol–water partition coefficient (Wildman–Crippen LogP) is 6.04. The van der Waals surface area contributed by atoms with Crippen molar-refractivity contribution in [1.82, 2.24) is 0 Å². The second kappa shape index (κ2) is 15.5. The van der Waals surface area contributed by atoms with Crippen LogP contribution >= 0.6 is 0 Å². The molecule has 0 unspecified atom stereocenters. The molecule has 0 bridgehead atoms. The third kappa shape index (κ3) is 8.01. The number of rotatable bonds is 4.